The van der Waals surface area contributed by atoms with Gasteiger partial charge >= 0.3 is 5.97 Å². The third kappa shape index (κ3) is 4.89. The zero-order valence-corrected chi connectivity index (χ0v) is 16.4. The number of rotatable bonds is 6. The number of nitrogens with one attached hydrogen (secondary N) is 1. The molecular weight excluding hydrogens is 362 g/mol. The Kier molecular flexibility index (Phi) is 6.17. The summed E-state index contributed by atoms with van der Waals surface area (Å²) >= 11 is 5.92. The predicted molar refractivity (Wildman–Crippen MR) is 107 cm³/mol. The van der Waals surface area contributed by atoms with Crippen molar-refractivity contribution in [2.45, 2.75) is 39.0 Å². The molecule has 4 nitrogen and oxygen atoms in total. The lowest BCUT2D eigenvalue weighted by molar-refractivity contribution is -0.149. The maximum atomic E-state index is 12.5. The van der Waals surface area contributed by atoms with Gasteiger partial charge in [0.15, 0.2) is 6.61 Å². The smallest absolute Gasteiger partial charge is 0.314 e. The Morgan fingerprint density at radius 2 is 1.78 bits per heavy atom. The molecule has 1 amide bonds. The second-order valence-electron chi connectivity index (χ2n) is 7.27. The number of carbonyl (C=O) groups excluding carboxylic acids is 2. The van der Waals surface area contributed by atoms with Crippen LogP contribution in [0.1, 0.15) is 42.9 Å². The predicted octanol–water partition coefficient (Wildman–Crippen LogP) is 4.75. The van der Waals surface area contributed by atoms with Crippen molar-refractivity contribution in [3.05, 3.63) is 64.2 Å². The summed E-state index contributed by atoms with van der Waals surface area (Å²) < 4.78 is 5.29. The van der Waals surface area contributed by atoms with E-state index in [1.54, 1.807) is 12.1 Å². The van der Waals surface area contributed by atoms with Crippen molar-refractivity contribution in [3.63, 3.8) is 0 Å². The molecule has 0 aliphatic heterocycles. The van der Waals surface area contributed by atoms with Gasteiger partial charge in [0.05, 0.1) is 5.92 Å². The minimum absolute atomic E-state index is 0.0402. The molecule has 0 fully saturated rings. The van der Waals surface area contributed by atoms with Crippen LogP contribution in [0.2, 0.25) is 5.02 Å². The summed E-state index contributed by atoms with van der Waals surface area (Å²) in [5.41, 5.74) is 4.21. The van der Waals surface area contributed by atoms with Crippen LogP contribution in [-0.4, -0.2) is 18.5 Å². The van der Waals surface area contributed by atoms with Gasteiger partial charge in [-0.05, 0) is 66.1 Å². The van der Waals surface area contributed by atoms with Crippen LogP contribution in [0.25, 0.3) is 0 Å². The van der Waals surface area contributed by atoms with Gasteiger partial charge in [0, 0.05) is 10.7 Å². The Morgan fingerprint density at radius 3 is 2.48 bits per heavy atom. The fourth-order valence-electron chi connectivity index (χ4n) is 3.54. The van der Waals surface area contributed by atoms with Gasteiger partial charge in [-0.25, -0.2) is 0 Å². The molecule has 0 radical (unpaired) electrons. The standard InChI is InChI=1S/C22H24ClNO3/c1-14(2)21(16-6-9-18(23)10-7-16)22(26)27-13-20(25)24-19-11-8-15-4-3-5-17(15)12-19/h6-12,14,21H,3-5,13H2,1-2H3,(H,24,25)/t21-/m1/s1. The van der Waals surface area contributed by atoms with Crippen molar-refractivity contribution in [1.29, 1.82) is 0 Å². The first-order valence-corrected chi connectivity index (χ1v) is 9.65. The zero-order chi connectivity index (χ0) is 19.4. The number of amides is 1. The zero-order valence-electron chi connectivity index (χ0n) is 15.6. The maximum absolute atomic E-state index is 12.5. The van der Waals surface area contributed by atoms with Crippen LogP contribution in [0.4, 0.5) is 5.69 Å². The lowest BCUT2D eigenvalue weighted by Crippen LogP contribution is -2.26. The highest BCUT2D eigenvalue weighted by Crippen LogP contribution is 2.27. The molecule has 0 saturated heterocycles. The number of fused-ring (bicyclic) bond motifs is 1. The Balaban J connectivity index is 1.58. The summed E-state index contributed by atoms with van der Waals surface area (Å²) in [6.07, 6.45) is 3.30. The molecule has 3 rings (SSSR count). The van der Waals surface area contributed by atoms with Crippen LogP contribution in [0, 0.1) is 5.92 Å². The van der Waals surface area contributed by atoms with Crippen LogP contribution in [0.3, 0.4) is 0 Å². The van der Waals surface area contributed by atoms with E-state index in [9.17, 15) is 9.59 Å². The average molecular weight is 386 g/mol. The molecule has 0 spiro atoms. The molecule has 0 bridgehead atoms. The number of halogens is 1. The van der Waals surface area contributed by atoms with Gasteiger partial charge in [0.25, 0.3) is 5.91 Å². The van der Waals surface area contributed by atoms with Crippen molar-refractivity contribution in [2.24, 2.45) is 5.92 Å². The van der Waals surface area contributed by atoms with Crippen LogP contribution in [-0.2, 0) is 27.2 Å². The van der Waals surface area contributed by atoms with Gasteiger partial charge in [-0.15, -0.1) is 0 Å². The summed E-state index contributed by atoms with van der Waals surface area (Å²) in [5.74, 6) is -1.13. The molecule has 1 N–H and O–H groups in total. The summed E-state index contributed by atoms with van der Waals surface area (Å²) in [6, 6.07) is 13.1. The number of carbonyl (C=O) groups is 2. The van der Waals surface area contributed by atoms with Crippen molar-refractivity contribution < 1.29 is 14.3 Å². The monoisotopic (exact) mass is 385 g/mol. The highest BCUT2D eigenvalue weighted by atomic mass is 35.5. The molecule has 1 aliphatic rings. The lowest BCUT2D eigenvalue weighted by atomic mass is 9.88. The van der Waals surface area contributed by atoms with Gasteiger partial charge in [0.2, 0.25) is 0 Å². The summed E-state index contributed by atoms with van der Waals surface area (Å²) in [7, 11) is 0. The Bertz CT molecular complexity index is 830. The van der Waals surface area contributed by atoms with Crippen LogP contribution >= 0.6 is 11.6 Å². The molecule has 1 atom stereocenters. The van der Waals surface area contributed by atoms with Gasteiger partial charge < -0.3 is 10.1 Å². The normalized spacial score (nSPS) is 13.9. The van der Waals surface area contributed by atoms with E-state index in [1.807, 2.05) is 38.1 Å². The highest BCUT2D eigenvalue weighted by Gasteiger charge is 2.26. The van der Waals surface area contributed by atoms with Crippen molar-refractivity contribution in [3.8, 4) is 0 Å². The van der Waals surface area contributed by atoms with Crippen LogP contribution < -0.4 is 5.32 Å². The molecule has 142 valence electrons. The first-order chi connectivity index (χ1) is 12.9. The third-order valence-electron chi connectivity index (χ3n) is 4.88. The molecule has 0 aromatic heterocycles. The topological polar surface area (TPSA) is 55.4 Å². The second kappa shape index (κ2) is 8.57. The first kappa shape index (κ1) is 19.4. The van der Waals surface area contributed by atoms with Gasteiger partial charge in [-0.3, -0.25) is 9.59 Å². The summed E-state index contributed by atoms with van der Waals surface area (Å²) in [6.45, 7) is 3.60. The highest BCUT2D eigenvalue weighted by molar-refractivity contribution is 6.30. The van der Waals surface area contributed by atoms with Gasteiger partial charge in [-0.2, -0.15) is 0 Å². The minimum Gasteiger partial charge on any atom is -0.455 e. The second-order valence-corrected chi connectivity index (χ2v) is 7.70. The number of esters is 1. The average Bonchev–Trinajstić information content (AvgIpc) is 3.09. The van der Waals surface area contributed by atoms with E-state index in [2.05, 4.69) is 11.4 Å². The number of hydrogen-bond acceptors (Lipinski definition) is 3. The minimum atomic E-state index is -0.435. The molecule has 0 saturated carbocycles. The summed E-state index contributed by atoms with van der Waals surface area (Å²) in [4.78, 5) is 24.7. The van der Waals surface area contributed by atoms with E-state index in [1.165, 1.54) is 11.1 Å². The fourth-order valence-corrected chi connectivity index (χ4v) is 3.66. The Hall–Kier alpha value is -2.33. The molecule has 5 heteroatoms. The SMILES string of the molecule is CC(C)[C@@H](C(=O)OCC(=O)Nc1ccc2c(c1)CCC2)c1ccc(Cl)cc1. The third-order valence-corrected chi connectivity index (χ3v) is 5.13. The van der Waals surface area contributed by atoms with E-state index in [0.29, 0.717) is 5.02 Å². The lowest BCUT2D eigenvalue weighted by Gasteiger charge is -2.20. The molecular formula is C22H24ClNO3. The number of anilines is 1. The van der Waals surface area contributed by atoms with Crippen molar-refractivity contribution in [2.75, 3.05) is 11.9 Å². The number of benzene rings is 2. The van der Waals surface area contributed by atoms with E-state index in [4.69, 9.17) is 16.3 Å². The van der Waals surface area contributed by atoms with Crippen LogP contribution in [0.5, 0.6) is 0 Å². The van der Waals surface area contributed by atoms with E-state index in [-0.39, 0.29) is 18.4 Å². The Labute approximate surface area is 164 Å². The molecule has 27 heavy (non-hydrogen) atoms. The van der Waals surface area contributed by atoms with E-state index in [0.717, 1.165) is 30.5 Å². The molecule has 2 aromatic carbocycles. The summed E-state index contributed by atoms with van der Waals surface area (Å²) in [5, 5.41) is 3.42. The fraction of sp³-hybridized carbons (Fsp3) is 0.364. The van der Waals surface area contributed by atoms with Gasteiger partial charge in [0.1, 0.15) is 0 Å². The Morgan fingerprint density at radius 1 is 1.07 bits per heavy atom. The van der Waals surface area contributed by atoms with Crippen molar-refractivity contribution in [1.82, 2.24) is 0 Å². The number of ether oxygens (including phenoxy) is 1. The van der Waals surface area contributed by atoms with Crippen LogP contribution in [0.15, 0.2) is 42.5 Å². The number of hydrogen-bond donors (Lipinski definition) is 1. The molecule has 1 aliphatic carbocycles. The molecule has 0 heterocycles. The number of aryl methyl sites for hydroxylation is 2. The first-order valence-electron chi connectivity index (χ1n) is 9.28. The molecule has 2 aromatic rings. The van der Waals surface area contributed by atoms with Gasteiger partial charge in [-0.1, -0.05) is 43.6 Å². The van der Waals surface area contributed by atoms with Crippen molar-refractivity contribution >= 4 is 29.2 Å². The van der Waals surface area contributed by atoms with E-state index < -0.39 is 11.9 Å². The van der Waals surface area contributed by atoms with E-state index >= 15 is 0 Å². The largest absolute Gasteiger partial charge is 0.455 e. The molecule has 0 unspecified atom stereocenters. The maximum Gasteiger partial charge on any atom is 0.314 e. The quantitative estimate of drug-likeness (QED) is 0.730.